The van der Waals surface area contributed by atoms with Crippen LogP contribution in [0.4, 0.5) is 5.69 Å². The SMILES string of the molecule is CCOc1ccc2c(C(=O)N3CCN(c4ccccc4)CC3)cc(=O)oc2c1. The van der Waals surface area contributed by atoms with E-state index in [4.69, 9.17) is 9.15 Å². The topological polar surface area (TPSA) is 63.0 Å². The van der Waals surface area contributed by atoms with Gasteiger partial charge in [-0.2, -0.15) is 0 Å². The molecule has 6 heteroatoms. The summed E-state index contributed by atoms with van der Waals surface area (Å²) in [7, 11) is 0. The molecule has 1 aliphatic rings. The van der Waals surface area contributed by atoms with E-state index in [1.165, 1.54) is 6.07 Å². The zero-order valence-corrected chi connectivity index (χ0v) is 15.8. The van der Waals surface area contributed by atoms with E-state index >= 15 is 0 Å². The number of piperazine rings is 1. The molecule has 0 bridgehead atoms. The van der Waals surface area contributed by atoms with Crippen molar-refractivity contribution < 1.29 is 13.9 Å². The molecule has 28 heavy (non-hydrogen) atoms. The normalized spacial score (nSPS) is 14.3. The number of rotatable bonds is 4. The molecule has 0 spiro atoms. The molecule has 0 radical (unpaired) electrons. The molecule has 2 heterocycles. The van der Waals surface area contributed by atoms with Crippen molar-refractivity contribution in [3.63, 3.8) is 0 Å². The lowest BCUT2D eigenvalue weighted by Gasteiger charge is -2.36. The minimum atomic E-state index is -0.535. The van der Waals surface area contributed by atoms with E-state index in [2.05, 4.69) is 17.0 Å². The maximum absolute atomic E-state index is 13.1. The summed E-state index contributed by atoms with van der Waals surface area (Å²) in [6.45, 7) is 5.11. The summed E-state index contributed by atoms with van der Waals surface area (Å²) < 4.78 is 10.7. The number of hydrogen-bond acceptors (Lipinski definition) is 5. The number of nitrogens with zero attached hydrogens (tertiary/aromatic N) is 2. The lowest BCUT2D eigenvalue weighted by atomic mass is 10.1. The van der Waals surface area contributed by atoms with E-state index in [0.29, 0.717) is 42.0 Å². The summed E-state index contributed by atoms with van der Waals surface area (Å²) in [6.07, 6.45) is 0. The van der Waals surface area contributed by atoms with Gasteiger partial charge in [-0.3, -0.25) is 4.79 Å². The molecule has 1 saturated heterocycles. The maximum atomic E-state index is 13.1. The lowest BCUT2D eigenvalue weighted by Crippen LogP contribution is -2.48. The minimum absolute atomic E-state index is 0.144. The van der Waals surface area contributed by atoms with E-state index in [1.807, 2.05) is 25.1 Å². The van der Waals surface area contributed by atoms with Crippen molar-refractivity contribution in [2.45, 2.75) is 6.92 Å². The van der Waals surface area contributed by atoms with Gasteiger partial charge in [-0.15, -0.1) is 0 Å². The number of anilines is 1. The van der Waals surface area contributed by atoms with Crippen LogP contribution in [0.25, 0.3) is 11.0 Å². The van der Waals surface area contributed by atoms with Crippen molar-refractivity contribution in [1.82, 2.24) is 4.90 Å². The number of para-hydroxylation sites is 1. The molecule has 1 aromatic heterocycles. The summed E-state index contributed by atoms with van der Waals surface area (Å²) >= 11 is 0. The van der Waals surface area contributed by atoms with E-state index in [-0.39, 0.29) is 5.91 Å². The van der Waals surface area contributed by atoms with Crippen LogP contribution >= 0.6 is 0 Å². The summed E-state index contributed by atoms with van der Waals surface area (Å²) in [5, 5.41) is 0.624. The number of ether oxygens (including phenoxy) is 1. The van der Waals surface area contributed by atoms with Crippen molar-refractivity contribution in [3.8, 4) is 5.75 Å². The average Bonchev–Trinajstić information content (AvgIpc) is 2.73. The molecule has 1 aliphatic heterocycles. The van der Waals surface area contributed by atoms with Crippen LogP contribution in [-0.2, 0) is 0 Å². The molecule has 1 fully saturated rings. The largest absolute Gasteiger partial charge is 0.494 e. The average molecular weight is 378 g/mol. The summed E-state index contributed by atoms with van der Waals surface area (Å²) in [5.41, 5.74) is 1.36. The van der Waals surface area contributed by atoms with Gasteiger partial charge in [0.1, 0.15) is 11.3 Å². The van der Waals surface area contributed by atoms with Crippen LogP contribution in [0.3, 0.4) is 0 Å². The van der Waals surface area contributed by atoms with Crippen LogP contribution < -0.4 is 15.3 Å². The zero-order valence-electron chi connectivity index (χ0n) is 15.8. The minimum Gasteiger partial charge on any atom is -0.494 e. The van der Waals surface area contributed by atoms with Crippen LogP contribution in [-0.4, -0.2) is 43.6 Å². The second-order valence-electron chi connectivity index (χ2n) is 6.68. The second kappa shape index (κ2) is 7.76. The molecule has 0 unspecified atom stereocenters. The number of carbonyl (C=O) groups is 1. The first-order chi connectivity index (χ1) is 13.7. The highest BCUT2D eigenvalue weighted by Gasteiger charge is 2.24. The third kappa shape index (κ3) is 3.58. The first-order valence-electron chi connectivity index (χ1n) is 9.45. The van der Waals surface area contributed by atoms with Gasteiger partial charge in [0.15, 0.2) is 0 Å². The summed E-state index contributed by atoms with van der Waals surface area (Å²) in [6, 6.07) is 16.7. The fraction of sp³-hybridized carbons (Fsp3) is 0.273. The molecule has 1 amide bonds. The molecular formula is C22H22N2O4. The van der Waals surface area contributed by atoms with E-state index in [0.717, 1.165) is 18.8 Å². The lowest BCUT2D eigenvalue weighted by molar-refractivity contribution is 0.0748. The number of benzene rings is 2. The number of fused-ring (bicyclic) bond motifs is 1. The van der Waals surface area contributed by atoms with Crippen LogP contribution in [0.2, 0.25) is 0 Å². The third-order valence-electron chi connectivity index (χ3n) is 4.95. The first kappa shape index (κ1) is 18.1. The van der Waals surface area contributed by atoms with Gasteiger partial charge < -0.3 is 19.0 Å². The van der Waals surface area contributed by atoms with Crippen LogP contribution in [0.1, 0.15) is 17.3 Å². The Balaban J connectivity index is 1.57. The van der Waals surface area contributed by atoms with E-state index < -0.39 is 5.63 Å². The molecule has 0 atom stereocenters. The van der Waals surface area contributed by atoms with Gasteiger partial charge in [-0.05, 0) is 31.2 Å². The number of hydrogen-bond donors (Lipinski definition) is 0. The van der Waals surface area contributed by atoms with Crippen molar-refractivity contribution in [1.29, 1.82) is 0 Å². The van der Waals surface area contributed by atoms with Gasteiger partial charge >= 0.3 is 5.63 Å². The van der Waals surface area contributed by atoms with Crippen LogP contribution in [0, 0.1) is 0 Å². The predicted molar refractivity (Wildman–Crippen MR) is 108 cm³/mol. The summed E-state index contributed by atoms with van der Waals surface area (Å²) in [4.78, 5) is 29.2. The highest BCUT2D eigenvalue weighted by Crippen LogP contribution is 2.24. The molecule has 0 N–H and O–H groups in total. The van der Waals surface area contributed by atoms with Crippen molar-refractivity contribution in [2.75, 3.05) is 37.7 Å². The van der Waals surface area contributed by atoms with Gasteiger partial charge in [0.2, 0.25) is 0 Å². The highest BCUT2D eigenvalue weighted by atomic mass is 16.5. The van der Waals surface area contributed by atoms with Crippen LogP contribution in [0.5, 0.6) is 5.75 Å². The standard InChI is InChI=1S/C22H22N2O4/c1-2-27-17-8-9-18-19(15-21(25)28-20(18)14-17)22(26)24-12-10-23(11-13-24)16-6-4-3-5-7-16/h3-9,14-15H,2,10-13H2,1H3. The Labute approximate surface area is 162 Å². The van der Waals surface area contributed by atoms with E-state index in [1.54, 1.807) is 23.1 Å². The second-order valence-corrected chi connectivity index (χ2v) is 6.68. The Morgan fingerprint density at radius 3 is 2.50 bits per heavy atom. The van der Waals surface area contributed by atoms with Crippen LogP contribution in [0.15, 0.2) is 63.8 Å². The first-order valence-corrected chi connectivity index (χ1v) is 9.45. The Kier molecular flexibility index (Phi) is 5.02. The van der Waals surface area contributed by atoms with Gasteiger partial charge in [0.25, 0.3) is 5.91 Å². The van der Waals surface area contributed by atoms with Gasteiger partial charge in [0, 0.05) is 49.4 Å². The zero-order chi connectivity index (χ0) is 19.5. The quantitative estimate of drug-likeness (QED) is 0.653. The molecule has 144 valence electrons. The van der Waals surface area contributed by atoms with Gasteiger partial charge in [-0.25, -0.2) is 4.79 Å². The fourth-order valence-electron chi connectivity index (χ4n) is 3.55. The highest BCUT2D eigenvalue weighted by molar-refractivity contribution is 6.05. The van der Waals surface area contributed by atoms with E-state index in [9.17, 15) is 9.59 Å². The predicted octanol–water partition coefficient (Wildman–Crippen LogP) is 3.15. The smallest absolute Gasteiger partial charge is 0.337 e. The number of carbonyl (C=O) groups excluding carboxylic acids is 1. The Morgan fingerprint density at radius 1 is 1.04 bits per heavy atom. The van der Waals surface area contributed by atoms with Crippen molar-refractivity contribution in [2.24, 2.45) is 0 Å². The monoisotopic (exact) mass is 378 g/mol. The molecule has 0 aliphatic carbocycles. The van der Waals surface area contributed by atoms with Crippen molar-refractivity contribution in [3.05, 3.63) is 70.6 Å². The molecule has 0 saturated carbocycles. The maximum Gasteiger partial charge on any atom is 0.337 e. The summed E-state index contributed by atoms with van der Waals surface area (Å²) in [5.74, 6) is 0.467. The molecule has 6 nitrogen and oxygen atoms in total. The Hall–Kier alpha value is -3.28. The third-order valence-corrected chi connectivity index (χ3v) is 4.95. The Bertz CT molecular complexity index is 1040. The van der Waals surface area contributed by atoms with Gasteiger partial charge in [-0.1, -0.05) is 18.2 Å². The Morgan fingerprint density at radius 2 is 1.79 bits per heavy atom. The molecule has 3 aromatic rings. The fourth-order valence-corrected chi connectivity index (χ4v) is 3.55. The number of amides is 1. The molecule has 4 rings (SSSR count). The molecular weight excluding hydrogens is 356 g/mol. The van der Waals surface area contributed by atoms with Crippen molar-refractivity contribution >= 4 is 22.6 Å². The molecule has 2 aromatic carbocycles. The van der Waals surface area contributed by atoms with Gasteiger partial charge in [0.05, 0.1) is 12.2 Å².